The second-order valence-corrected chi connectivity index (χ2v) is 6.20. The number of hydrogen-bond donors (Lipinski definition) is 0. The van der Waals surface area contributed by atoms with Crippen molar-refractivity contribution >= 4 is 21.7 Å². The molecule has 0 aliphatic rings. The summed E-state index contributed by atoms with van der Waals surface area (Å²) in [6.45, 7) is 5.74. The summed E-state index contributed by atoms with van der Waals surface area (Å²) in [4.78, 5) is 11.8. The van der Waals surface area contributed by atoms with Crippen molar-refractivity contribution in [2.24, 2.45) is 5.41 Å². The topological polar surface area (TPSA) is 40.9 Å². The van der Waals surface area contributed by atoms with E-state index in [0.29, 0.717) is 12.0 Å². The molecule has 0 amide bonds. The molecule has 0 saturated carbocycles. The van der Waals surface area contributed by atoms with Crippen molar-refractivity contribution < 1.29 is 4.79 Å². The monoisotopic (exact) mass is 293 g/mol. The molecule has 0 bridgehead atoms. The van der Waals surface area contributed by atoms with Crippen molar-refractivity contribution in [3.8, 4) is 6.07 Å². The quantitative estimate of drug-likeness (QED) is 0.801. The molecule has 0 radical (unpaired) electrons. The first-order valence-electron chi connectivity index (χ1n) is 5.52. The number of benzene rings is 1. The fraction of sp³-hybridized carbons (Fsp3) is 0.429. The highest BCUT2D eigenvalue weighted by atomic mass is 79.9. The van der Waals surface area contributed by atoms with Crippen molar-refractivity contribution in [2.45, 2.75) is 32.0 Å². The van der Waals surface area contributed by atoms with Gasteiger partial charge in [0.15, 0.2) is 5.78 Å². The molecular weight excluding hydrogens is 278 g/mol. The van der Waals surface area contributed by atoms with Crippen molar-refractivity contribution in [1.82, 2.24) is 0 Å². The fourth-order valence-electron chi connectivity index (χ4n) is 1.54. The van der Waals surface area contributed by atoms with Gasteiger partial charge in [-0.2, -0.15) is 5.26 Å². The van der Waals surface area contributed by atoms with Crippen LogP contribution in [-0.2, 0) is 11.2 Å². The highest BCUT2D eigenvalue weighted by Crippen LogP contribution is 2.23. The zero-order valence-electron chi connectivity index (χ0n) is 10.3. The Kier molecular flexibility index (Phi) is 4.47. The number of carbonyl (C=O) groups excluding carboxylic acids is 1. The highest BCUT2D eigenvalue weighted by Gasteiger charge is 2.27. The third-order valence-electron chi connectivity index (χ3n) is 2.49. The number of alkyl halides is 1. The minimum atomic E-state index is -0.346. The fourth-order valence-corrected chi connectivity index (χ4v) is 2.60. The van der Waals surface area contributed by atoms with Gasteiger partial charge in [0.25, 0.3) is 0 Å². The van der Waals surface area contributed by atoms with Crippen LogP contribution in [0.15, 0.2) is 24.3 Å². The molecule has 0 saturated heterocycles. The molecule has 1 unspecified atom stereocenters. The van der Waals surface area contributed by atoms with Crippen LogP contribution in [0.5, 0.6) is 0 Å². The molecular formula is C14H16BrNO. The maximum Gasteiger partial charge on any atom is 0.152 e. The zero-order valence-corrected chi connectivity index (χ0v) is 11.9. The van der Waals surface area contributed by atoms with E-state index in [0.717, 1.165) is 5.56 Å². The summed E-state index contributed by atoms with van der Waals surface area (Å²) >= 11 is 3.43. The van der Waals surface area contributed by atoms with Crippen LogP contribution in [0.1, 0.15) is 31.9 Å². The highest BCUT2D eigenvalue weighted by molar-refractivity contribution is 9.10. The number of halogens is 1. The van der Waals surface area contributed by atoms with Crippen molar-refractivity contribution in [2.75, 3.05) is 0 Å². The Bertz CT molecular complexity index is 454. The lowest BCUT2D eigenvalue weighted by molar-refractivity contribution is -0.125. The lowest BCUT2D eigenvalue weighted by Gasteiger charge is -2.20. The molecule has 0 aliphatic heterocycles. The Morgan fingerprint density at radius 2 is 2.12 bits per heavy atom. The SMILES string of the molecule is CC(C)(C)C(=O)C(Br)Cc1cccc(C#N)c1. The van der Waals surface area contributed by atoms with Crippen LogP contribution in [0, 0.1) is 16.7 Å². The van der Waals surface area contributed by atoms with Crippen LogP contribution in [-0.4, -0.2) is 10.6 Å². The van der Waals surface area contributed by atoms with E-state index in [1.54, 1.807) is 6.07 Å². The molecule has 1 rings (SSSR count). The Morgan fingerprint density at radius 3 is 2.65 bits per heavy atom. The average Bonchev–Trinajstić information content (AvgIpc) is 2.27. The Hall–Kier alpha value is -1.14. The molecule has 0 aromatic heterocycles. The maximum atomic E-state index is 12.0. The third kappa shape index (κ3) is 3.98. The molecule has 90 valence electrons. The Balaban J connectivity index is 2.78. The van der Waals surface area contributed by atoms with Crippen LogP contribution in [0.4, 0.5) is 0 Å². The lowest BCUT2D eigenvalue weighted by atomic mass is 9.87. The van der Waals surface area contributed by atoms with Gasteiger partial charge in [0.2, 0.25) is 0 Å². The van der Waals surface area contributed by atoms with Crippen LogP contribution >= 0.6 is 15.9 Å². The van der Waals surface area contributed by atoms with E-state index in [2.05, 4.69) is 22.0 Å². The van der Waals surface area contributed by atoms with E-state index >= 15 is 0 Å². The average molecular weight is 294 g/mol. The summed E-state index contributed by atoms with van der Waals surface area (Å²) in [5, 5.41) is 8.81. The van der Waals surface area contributed by atoms with Gasteiger partial charge in [-0.3, -0.25) is 4.79 Å². The first-order valence-corrected chi connectivity index (χ1v) is 6.43. The summed E-state index contributed by atoms with van der Waals surface area (Å²) in [7, 11) is 0. The molecule has 0 heterocycles. The summed E-state index contributed by atoms with van der Waals surface area (Å²) in [5.41, 5.74) is 1.29. The summed E-state index contributed by atoms with van der Waals surface area (Å²) in [6, 6.07) is 9.46. The minimum Gasteiger partial charge on any atom is -0.298 e. The minimum absolute atomic E-state index is 0.180. The van der Waals surface area contributed by atoms with E-state index in [9.17, 15) is 4.79 Å². The van der Waals surface area contributed by atoms with Gasteiger partial charge in [-0.05, 0) is 24.1 Å². The van der Waals surface area contributed by atoms with Crippen molar-refractivity contribution in [3.05, 3.63) is 35.4 Å². The van der Waals surface area contributed by atoms with Gasteiger partial charge in [0.1, 0.15) is 0 Å². The number of hydrogen-bond acceptors (Lipinski definition) is 2. The molecule has 0 aliphatic carbocycles. The molecule has 3 heteroatoms. The van der Waals surface area contributed by atoms with Crippen LogP contribution in [0.25, 0.3) is 0 Å². The van der Waals surface area contributed by atoms with Gasteiger partial charge in [0.05, 0.1) is 16.5 Å². The van der Waals surface area contributed by atoms with Gasteiger partial charge in [-0.25, -0.2) is 0 Å². The molecule has 0 N–H and O–H groups in total. The first kappa shape index (κ1) is 13.9. The van der Waals surface area contributed by atoms with Crippen LogP contribution < -0.4 is 0 Å². The molecule has 2 nitrogen and oxygen atoms in total. The van der Waals surface area contributed by atoms with Crippen molar-refractivity contribution in [3.63, 3.8) is 0 Å². The van der Waals surface area contributed by atoms with E-state index in [-0.39, 0.29) is 16.0 Å². The van der Waals surface area contributed by atoms with E-state index in [1.807, 2.05) is 39.0 Å². The van der Waals surface area contributed by atoms with E-state index in [4.69, 9.17) is 5.26 Å². The number of ketones is 1. The predicted octanol–water partition coefficient (Wildman–Crippen LogP) is 3.48. The van der Waals surface area contributed by atoms with E-state index < -0.39 is 0 Å². The molecule has 0 fully saturated rings. The van der Waals surface area contributed by atoms with Gasteiger partial charge < -0.3 is 0 Å². The van der Waals surface area contributed by atoms with Gasteiger partial charge >= 0.3 is 0 Å². The maximum absolute atomic E-state index is 12.0. The van der Waals surface area contributed by atoms with Gasteiger partial charge in [-0.1, -0.05) is 48.8 Å². The molecule has 1 aromatic carbocycles. The lowest BCUT2D eigenvalue weighted by Crippen LogP contribution is -2.30. The number of Topliss-reactive ketones (excluding diaryl/α,β-unsaturated/α-hetero) is 1. The number of rotatable bonds is 3. The second kappa shape index (κ2) is 5.46. The zero-order chi connectivity index (χ0) is 13.1. The molecule has 1 aromatic rings. The summed E-state index contributed by atoms with van der Waals surface area (Å²) in [6.07, 6.45) is 0.617. The van der Waals surface area contributed by atoms with Crippen molar-refractivity contribution in [1.29, 1.82) is 5.26 Å². The van der Waals surface area contributed by atoms with E-state index in [1.165, 1.54) is 0 Å². The predicted molar refractivity (Wildman–Crippen MR) is 72.0 cm³/mol. The largest absolute Gasteiger partial charge is 0.298 e. The smallest absolute Gasteiger partial charge is 0.152 e. The van der Waals surface area contributed by atoms with Crippen LogP contribution in [0.3, 0.4) is 0 Å². The summed E-state index contributed by atoms with van der Waals surface area (Å²) < 4.78 is 0. The van der Waals surface area contributed by atoms with Gasteiger partial charge in [-0.15, -0.1) is 0 Å². The number of nitrogens with zero attached hydrogens (tertiary/aromatic N) is 1. The number of carbonyl (C=O) groups is 1. The normalized spacial score (nSPS) is 12.9. The Labute approximate surface area is 111 Å². The van der Waals surface area contributed by atoms with Crippen LogP contribution in [0.2, 0.25) is 0 Å². The third-order valence-corrected chi connectivity index (χ3v) is 3.23. The standard InChI is InChI=1S/C14H16BrNO/c1-14(2,3)13(17)12(15)8-10-5-4-6-11(7-10)9-16/h4-7,12H,8H2,1-3H3. The summed E-state index contributed by atoms with van der Waals surface area (Å²) in [5.74, 6) is 0.180. The number of nitriles is 1. The molecule has 1 atom stereocenters. The second-order valence-electron chi connectivity index (χ2n) is 5.10. The molecule has 17 heavy (non-hydrogen) atoms. The molecule has 0 spiro atoms. The van der Waals surface area contributed by atoms with Gasteiger partial charge in [0, 0.05) is 5.41 Å². The Morgan fingerprint density at radius 1 is 1.47 bits per heavy atom. The first-order chi connectivity index (χ1) is 7.84.